The van der Waals surface area contributed by atoms with Crippen LogP contribution in [-0.4, -0.2) is 41.6 Å². The minimum absolute atomic E-state index is 0.149. The lowest BCUT2D eigenvalue weighted by Gasteiger charge is -2.40. The van der Waals surface area contributed by atoms with Crippen LogP contribution in [0.15, 0.2) is 58.6 Å². The van der Waals surface area contributed by atoms with Gasteiger partial charge in [0.1, 0.15) is 31.2 Å². The van der Waals surface area contributed by atoms with E-state index in [-0.39, 0.29) is 5.94 Å². The molecule has 31 heavy (non-hydrogen) atoms. The molecule has 2 aromatic carbocycles. The Morgan fingerprint density at radius 2 is 1.61 bits per heavy atom. The molecule has 0 fully saturated rings. The summed E-state index contributed by atoms with van der Waals surface area (Å²) in [6.07, 6.45) is 5.55. The summed E-state index contributed by atoms with van der Waals surface area (Å²) in [4.78, 5) is 5.55. The highest BCUT2D eigenvalue weighted by Crippen LogP contribution is 2.38. The largest absolute Gasteiger partial charge is 0.490 e. The Hall–Kier alpha value is -2.60. The van der Waals surface area contributed by atoms with Gasteiger partial charge in [-0.25, -0.2) is 0 Å². The standard InChI is InChI=1S/C25H35NO4S/c1-7-10-15-29-23-16-20(4)25(21(5)17-23)30-19-31(27,8-2,9-3)24-13-11-22(12-14-24)18-26-28-6/h7,10-14,16-18H,8-9,15,19H2,1-6H3/b10-7+,26-18+. The molecule has 2 aromatic rings. The third-order valence-electron chi connectivity index (χ3n) is 5.62. The quantitative estimate of drug-likeness (QED) is 0.261. The fourth-order valence-corrected chi connectivity index (χ4v) is 6.20. The second kappa shape index (κ2) is 10.6. The topological polar surface area (TPSA) is 57.1 Å². The van der Waals surface area contributed by atoms with E-state index in [1.54, 1.807) is 6.21 Å². The lowest BCUT2D eigenvalue weighted by atomic mass is 10.1. The van der Waals surface area contributed by atoms with E-state index in [0.29, 0.717) is 18.1 Å². The highest BCUT2D eigenvalue weighted by molar-refractivity contribution is 8.19. The number of ether oxygens (including phenoxy) is 2. The highest BCUT2D eigenvalue weighted by Gasteiger charge is 2.37. The van der Waals surface area contributed by atoms with Crippen LogP contribution in [0.5, 0.6) is 11.5 Å². The summed E-state index contributed by atoms with van der Waals surface area (Å²) in [5, 5.41) is 3.78. The molecule has 0 N–H and O–H groups in total. The van der Waals surface area contributed by atoms with Gasteiger partial charge >= 0.3 is 0 Å². The van der Waals surface area contributed by atoms with E-state index < -0.39 is 9.07 Å². The fourth-order valence-electron chi connectivity index (χ4n) is 3.44. The number of allylic oxidation sites excluding steroid dienone is 1. The molecule has 0 bridgehead atoms. The average molecular weight is 446 g/mol. The molecule has 0 radical (unpaired) electrons. The first-order valence-corrected chi connectivity index (χ1v) is 13.0. The van der Waals surface area contributed by atoms with Gasteiger partial charge < -0.3 is 14.3 Å². The summed E-state index contributed by atoms with van der Waals surface area (Å²) >= 11 is 0. The maximum Gasteiger partial charge on any atom is 0.147 e. The molecule has 0 aliphatic carbocycles. The van der Waals surface area contributed by atoms with Crippen molar-refractivity contribution in [3.05, 3.63) is 65.2 Å². The summed E-state index contributed by atoms with van der Waals surface area (Å²) in [5.41, 5.74) is 2.82. The smallest absolute Gasteiger partial charge is 0.147 e. The van der Waals surface area contributed by atoms with Gasteiger partial charge in [-0.15, -0.1) is 0 Å². The van der Waals surface area contributed by atoms with Crippen molar-refractivity contribution < 1.29 is 18.5 Å². The van der Waals surface area contributed by atoms with Crippen LogP contribution in [0.4, 0.5) is 0 Å². The summed E-state index contributed by atoms with van der Waals surface area (Å²) in [7, 11) is -1.72. The van der Waals surface area contributed by atoms with Crippen molar-refractivity contribution >= 4 is 15.3 Å². The van der Waals surface area contributed by atoms with Crippen molar-refractivity contribution in [2.75, 3.05) is 31.2 Å². The Morgan fingerprint density at radius 3 is 2.13 bits per heavy atom. The van der Waals surface area contributed by atoms with Gasteiger partial charge in [0.05, 0.1) is 6.21 Å². The Bertz CT molecular complexity index is 962. The second-order valence-corrected chi connectivity index (χ2v) is 12.4. The lowest BCUT2D eigenvalue weighted by molar-refractivity contribution is 0.215. The Labute approximate surface area is 186 Å². The average Bonchev–Trinajstić information content (AvgIpc) is 2.77. The van der Waals surface area contributed by atoms with Crippen LogP contribution < -0.4 is 9.47 Å². The molecule has 0 heterocycles. The Morgan fingerprint density at radius 1 is 1.00 bits per heavy atom. The number of rotatable bonds is 11. The number of hydrogen-bond acceptors (Lipinski definition) is 5. The van der Waals surface area contributed by atoms with E-state index in [0.717, 1.165) is 33.1 Å². The molecular weight excluding hydrogens is 410 g/mol. The SMILES string of the molecule is C/C=C/COc1cc(C)c(OCS(=O)(CC)(CC)c2ccc(/C=N/OC)cc2)c(C)c1. The zero-order chi connectivity index (χ0) is 22.9. The maximum absolute atomic E-state index is 14.5. The van der Waals surface area contributed by atoms with Crippen LogP contribution in [0, 0.1) is 13.8 Å². The Balaban J connectivity index is 2.30. The number of hydrogen-bond donors (Lipinski definition) is 0. The van der Waals surface area contributed by atoms with Crippen molar-refractivity contribution in [1.29, 1.82) is 0 Å². The van der Waals surface area contributed by atoms with Crippen molar-refractivity contribution in [2.45, 2.75) is 39.5 Å². The minimum atomic E-state index is -3.23. The van der Waals surface area contributed by atoms with Gasteiger partial charge in [-0.05, 0) is 70.8 Å². The van der Waals surface area contributed by atoms with Crippen LogP contribution in [0.3, 0.4) is 0 Å². The number of nitrogens with zero attached hydrogens (tertiary/aromatic N) is 1. The molecule has 0 saturated heterocycles. The van der Waals surface area contributed by atoms with E-state index in [1.165, 1.54) is 7.11 Å². The number of oxime groups is 1. The third kappa shape index (κ3) is 5.76. The van der Waals surface area contributed by atoms with Crippen LogP contribution in [0.25, 0.3) is 0 Å². The molecule has 5 nitrogen and oxygen atoms in total. The summed E-state index contributed by atoms with van der Waals surface area (Å²) in [6.45, 7) is 10.4. The second-order valence-electron chi connectivity index (χ2n) is 7.57. The molecule has 0 unspecified atom stereocenters. The first-order chi connectivity index (χ1) is 14.8. The van der Waals surface area contributed by atoms with E-state index in [9.17, 15) is 4.21 Å². The van der Waals surface area contributed by atoms with E-state index in [1.807, 2.05) is 83.2 Å². The van der Waals surface area contributed by atoms with Gasteiger partial charge in [0.25, 0.3) is 0 Å². The molecule has 0 aromatic heterocycles. The number of aryl methyl sites for hydroxylation is 2. The molecule has 0 aliphatic heterocycles. The van der Waals surface area contributed by atoms with Crippen molar-refractivity contribution in [3.8, 4) is 11.5 Å². The Kier molecular flexibility index (Phi) is 8.45. The van der Waals surface area contributed by atoms with Crippen LogP contribution in [0.1, 0.15) is 37.5 Å². The van der Waals surface area contributed by atoms with Crippen molar-refractivity contribution in [2.24, 2.45) is 5.16 Å². The van der Waals surface area contributed by atoms with Crippen molar-refractivity contribution in [3.63, 3.8) is 0 Å². The zero-order valence-electron chi connectivity index (χ0n) is 19.5. The maximum atomic E-state index is 14.5. The highest BCUT2D eigenvalue weighted by atomic mass is 32.3. The molecule has 0 spiro atoms. The summed E-state index contributed by atoms with van der Waals surface area (Å²) in [5.74, 6) is 2.75. The van der Waals surface area contributed by atoms with E-state index >= 15 is 0 Å². The summed E-state index contributed by atoms with van der Waals surface area (Å²) in [6, 6.07) is 11.6. The van der Waals surface area contributed by atoms with Gasteiger partial charge in [-0.2, -0.15) is 0 Å². The zero-order valence-corrected chi connectivity index (χ0v) is 20.3. The molecule has 0 saturated carbocycles. The molecule has 0 amide bonds. The van der Waals surface area contributed by atoms with Crippen molar-refractivity contribution in [1.82, 2.24) is 0 Å². The van der Waals surface area contributed by atoms with Gasteiger partial charge in [0.2, 0.25) is 0 Å². The monoisotopic (exact) mass is 445 g/mol. The first kappa shape index (κ1) is 24.7. The van der Waals surface area contributed by atoms with Gasteiger partial charge in [-0.3, -0.25) is 4.21 Å². The number of benzene rings is 2. The molecule has 2 rings (SSSR count). The molecular formula is C25H35NO4S. The van der Waals surface area contributed by atoms with Crippen LogP contribution in [-0.2, 0) is 13.9 Å². The van der Waals surface area contributed by atoms with Crippen LogP contribution >= 0.6 is 0 Å². The van der Waals surface area contributed by atoms with Gasteiger partial charge in [0, 0.05) is 16.4 Å². The normalized spacial score (nSPS) is 13.3. The summed E-state index contributed by atoms with van der Waals surface area (Å²) < 4.78 is 26.5. The lowest BCUT2D eigenvalue weighted by Crippen LogP contribution is -2.44. The molecule has 6 heteroatoms. The van der Waals surface area contributed by atoms with Crippen LogP contribution in [0.2, 0.25) is 0 Å². The van der Waals surface area contributed by atoms with Gasteiger partial charge in [-0.1, -0.05) is 43.3 Å². The third-order valence-corrected chi connectivity index (χ3v) is 10.4. The molecule has 0 aliphatic rings. The molecule has 0 atom stereocenters. The van der Waals surface area contributed by atoms with E-state index in [2.05, 4.69) is 5.16 Å². The molecule has 170 valence electrons. The predicted octanol–water partition coefficient (Wildman–Crippen LogP) is 5.49. The first-order valence-electron chi connectivity index (χ1n) is 10.6. The minimum Gasteiger partial charge on any atom is -0.490 e. The van der Waals surface area contributed by atoms with E-state index in [4.69, 9.17) is 14.3 Å². The van der Waals surface area contributed by atoms with Gasteiger partial charge in [0.15, 0.2) is 0 Å². The predicted molar refractivity (Wildman–Crippen MR) is 130 cm³/mol. The fraction of sp³-hybridized carbons (Fsp3) is 0.400.